The molecule has 2 N–H and O–H groups in total. The second kappa shape index (κ2) is 12.2. The van der Waals surface area contributed by atoms with Crippen LogP contribution in [0.2, 0.25) is 10.0 Å². The van der Waals surface area contributed by atoms with Crippen LogP contribution < -0.4 is 10.2 Å². The van der Waals surface area contributed by atoms with E-state index >= 15 is 0 Å². The van der Waals surface area contributed by atoms with E-state index in [9.17, 15) is 9.59 Å². The second-order valence-electron chi connectivity index (χ2n) is 10.2. The Morgan fingerprint density at radius 2 is 1.71 bits per heavy atom. The molecule has 198 valence electrons. The number of amides is 3. The van der Waals surface area contributed by atoms with E-state index < -0.39 is 0 Å². The predicted molar refractivity (Wildman–Crippen MR) is 150 cm³/mol. The van der Waals surface area contributed by atoms with Crippen LogP contribution in [0.15, 0.2) is 78.9 Å². The standard InChI is InChI=1S/C30H32Cl2N4O2/c31-25-10-6-9-24(18-25)29(26-11-4-5-12-27(26)32)34-13-15-35(16-14-34)30(38)33-19-23-17-28(37)36(21-23)20-22-7-2-1-3-8-22/h1-12,18,23,29H,13-17,19-21H2,(H,33,38)/p+1. The lowest BCUT2D eigenvalue weighted by Crippen LogP contribution is -3.15. The largest absolute Gasteiger partial charge is 0.338 e. The van der Waals surface area contributed by atoms with Crippen LogP contribution in [0, 0.1) is 5.92 Å². The summed E-state index contributed by atoms with van der Waals surface area (Å²) in [4.78, 5) is 30.6. The maximum atomic E-state index is 13.0. The third kappa shape index (κ3) is 6.32. The third-order valence-electron chi connectivity index (χ3n) is 7.55. The summed E-state index contributed by atoms with van der Waals surface area (Å²) in [7, 11) is 0. The van der Waals surface area contributed by atoms with E-state index in [-0.39, 0.29) is 23.9 Å². The molecule has 3 aromatic carbocycles. The van der Waals surface area contributed by atoms with E-state index in [1.807, 2.05) is 76.5 Å². The number of hydrogen-bond donors (Lipinski definition) is 2. The fraction of sp³-hybridized carbons (Fsp3) is 0.333. The molecule has 2 aliphatic rings. The summed E-state index contributed by atoms with van der Waals surface area (Å²) >= 11 is 13.0. The Hall–Kier alpha value is -3.06. The predicted octanol–water partition coefficient (Wildman–Crippen LogP) is 4.04. The van der Waals surface area contributed by atoms with Crippen molar-refractivity contribution in [3.63, 3.8) is 0 Å². The lowest BCUT2D eigenvalue weighted by molar-refractivity contribution is -0.929. The molecule has 0 spiro atoms. The van der Waals surface area contributed by atoms with Gasteiger partial charge in [0.05, 0.1) is 31.2 Å². The normalized spacial score (nSPS) is 19.0. The molecule has 2 fully saturated rings. The summed E-state index contributed by atoms with van der Waals surface area (Å²) in [6, 6.07) is 25.9. The molecule has 0 aliphatic carbocycles. The number of nitrogens with zero attached hydrogens (tertiary/aromatic N) is 2. The summed E-state index contributed by atoms with van der Waals surface area (Å²) in [6.45, 7) is 4.68. The minimum Gasteiger partial charge on any atom is -0.338 e. The molecule has 5 rings (SSSR count). The van der Waals surface area contributed by atoms with Crippen LogP contribution in [-0.4, -0.2) is 61.0 Å². The van der Waals surface area contributed by atoms with Gasteiger partial charge in [0.2, 0.25) is 5.91 Å². The van der Waals surface area contributed by atoms with E-state index in [1.165, 1.54) is 4.90 Å². The van der Waals surface area contributed by atoms with E-state index in [2.05, 4.69) is 17.4 Å². The van der Waals surface area contributed by atoms with Crippen LogP contribution in [0.25, 0.3) is 0 Å². The smallest absolute Gasteiger partial charge is 0.317 e. The highest BCUT2D eigenvalue weighted by Crippen LogP contribution is 2.28. The van der Waals surface area contributed by atoms with Crippen molar-refractivity contribution in [3.05, 3.63) is 106 Å². The van der Waals surface area contributed by atoms with Gasteiger partial charge in [0.1, 0.15) is 6.04 Å². The molecule has 0 aromatic heterocycles. The molecule has 38 heavy (non-hydrogen) atoms. The number of likely N-dealkylation sites (tertiary alicyclic amines) is 1. The van der Waals surface area contributed by atoms with Crippen LogP contribution in [0.1, 0.15) is 29.2 Å². The molecule has 0 saturated carbocycles. The van der Waals surface area contributed by atoms with Crippen molar-refractivity contribution in [2.24, 2.45) is 5.92 Å². The summed E-state index contributed by atoms with van der Waals surface area (Å²) in [5, 5.41) is 4.52. The van der Waals surface area contributed by atoms with Crippen molar-refractivity contribution in [1.29, 1.82) is 0 Å². The summed E-state index contributed by atoms with van der Waals surface area (Å²) in [6.07, 6.45) is 0.476. The first kappa shape index (κ1) is 26.5. The van der Waals surface area contributed by atoms with Crippen LogP contribution in [-0.2, 0) is 11.3 Å². The molecule has 3 amide bonds. The lowest BCUT2D eigenvalue weighted by Gasteiger charge is -2.37. The summed E-state index contributed by atoms with van der Waals surface area (Å²) in [5.74, 6) is 0.284. The Morgan fingerprint density at radius 3 is 2.45 bits per heavy atom. The highest BCUT2D eigenvalue weighted by atomic mass is 35.5. The van der Waals surface area contributed by atoms with Gasteiger partial charge in [-0.05, 0) is 23.8 Å². The fourth-order valence-electron chi connectivity index (χ4n) is 5.61. The molecular formula is C30H33Cl2N4O2+. The van der Waals surface area contributed by atoms with Gasteiger partial charge in [-0.3, -0.25) is 4.79 Å². The van der Waals surface area contributed by atoms with Gasteiger partial charge < -0.3 is 20.0 Å². The molecular weight excluding hydrogens is 519 g/mol. The second-order valence-corrected chi connectivity index (χ2v) is 11.0. The minimum absolute atomic E-state index is 0.0349. The Morgan fingerprint density at radius 1 is 0.974 bits per heavy atom. The minimum atomic E-state index is -0.0601. The average Bonchev–Trinajstić information content (AvgIpc) is 3.28. The van der Waals surface area contributed by atoms with Crippen molar-refractivity contribution >= 4 is 35.1 Å². The number of carbonyl (C=O) groups is 2. The van der Waals surface area contributed by atoms with E-state index in [4.69, 9.17) is 23.2 Å². The summed E-state index contributed by atoms with van der Waals surface area (Å²) in [5.41, 5.74) is 3.30. The molecule has 8 heteroatoms. The molecule has 0 bridgehead atoms. The van der Waals surface area contributed by atoms with Crippen molar-refractivity contribution in [2.75, 3.05) is 39.3 Å². The number of carbonyl (C=O) groups excluding carboxylic acids is 2. The van der Waals surface area contributed by atoms with Crippen LogP contribution >= 0.6 is 23.2 Å². The van der Waals surface area contributed by atoms with Crippen LogP contribution in [0.5, 0.6) is 0 Å². The lowest BCUT2D eigenvalue weighted by atomic mass is 9.96. The molecule has 2 aliphatic heterocycles. The number of piperazine rings is 1. The van der Waals surface area contributed by atoms with E-state index in [0.717, 1.165) is 34.8 Å². The van der Waals surface area contributed by atoms with E-state index in [1.54, 1.807) is 0 Å². The topological polar surface area (TPSA) is 57.1 Å². The van der Waals surface area contributed by atoms with Gasteiger partial charge in [-0.2, -0.15) is 0 Å². The molecule has 2 saturated heterocycles. The highest BCUT2D eigenvalue weighted by Gasteiger charge is 2.34. The molecule has 6 nitrogen and oxygen atoms in total. The van der Waals surface area contributed by atoms with Crippen molar-refractivity contribution in [2.45, 2.75) is 19.0 Å². The van der Waals surface area contributed by atoms with E-state index in [0.29, 0.717) is 44.2 Å². The maximum absolute atomic E-state index is 13.0. The van der Waals surface area contributed by atoms with Crippen molar-refractivity contribution in [3.8, 4) is 0 Å². The zero-order valence-corrected chi connectivity index (χ0v) is 22.8. The monoisotopic (exact) mass is 551 g/mol. The fourth-order valence-corrected chi connectivity index (χ4v) is 6.05. The first-order valence-electron chi connectivity index (χ1n) is 13.2. The number of rotatable bonds is 7. The van der Waals surface area contributed by atoms with Gasteiger partial charge in [-0.15, -0.1) is 0 Å². The molecule has 0 radical (unpaired) electrons. The average molecular weight is 553 g/mol. The number of benzene rings is 3. The number of halogens is 2. The van der Waals surface area contributed by atoms with Crippen LogP contribution in [0.4, 0.5) is 4.79 Å². The Bertz CT molecular complexity index is 1260. The maximum Gasteiger partial charge on any atom is 0.317 e. The Kier molecular flexibility index (Phi) is 8.52. The number of quaternary nitrogens is 1. The quantitative estimate of drug-likeness (QED) is 0.465. The summed E-state index contributed by atoms with van der Waals surface area (Å²) < 4.78 is 0. The number of nitrogens with one attached hydrogen (secondary N) is 2. The number of urea groups is 1. The van der Waals surface area contributed by atoms with Gasteiger partial charge >= 0.3 is 6.03 Å². The molecule has 3 aromatic rings. The first-order valence-corrected chi connectivity index (χ1v) is 13.9. The molecule has 2 heterocycles. The van der Waals surface area contributed by atoms with Gasteiger partial charge in [0.25, 0.3) is 0 Å². The molecule has 2 unspecified atom stereocenters. The van der Waals surface area contributed by atoms with Gasteiger partial charge in [-0.25, -0.2) is 4.79 Å². The Balaban J connectivity index is 1.16. The Labute approximate surface area is 234 Å². The van der Waals surface area contributed by atoms with Crippen LogP contribution in [0.3, 0.4) is 0 Å². The first-order chi connectivity index (χ1) is 18.5. The van der Waals surface area contributed by atoms with Crippen molar-refractivity contribution < 1.29 is 14.5 Å². The van der Waals surface area contributed by atoms with Gasteiger partial charge in [-0.1, -0.05) is 83.9 Å². The zero-order valence-electron chi connectivity index (χ0n) is 21.3. The van der Waals surface area contributed by atoms with Gasteiger partial charge in [0.15, 0.2) is 0 Å². The zero-order chi connectivity index (χ0) is 26.5. The number of hydrogen-bond acceptors (Lipinski definition) is 2. The SMILES string of the molecule is O=C1CC(CNC(=O)N2CC[NH+](C(c3cccc(Cl)c3)c3ccccc3Cl)CC2)CN1Cc1ccccc1. The highest BCUT2D eigenvalue weighted by molar-refractivity contribution is 6.31. The molecule has 2 atom stereocenters. The third-order valence-corrected chi connectivity index (χ3v) is 8.13. The van der Waals surface area contributed by atoms with Crippen molar-refractivity contribution in [1.82, 2.24) is 15.1 Å². The van der Waals surface area contributed by atoms with Gasteiger partial charge in [0, 0.05) is 48.1 Å².